The van der Waals surface area contributed by atoms with E-state index in [0.717, 1.165) is 5.69 Å². The number of carbonyl (C=O) groups excluding carboxylic acids is 1. The van der Waals surface area contributed by atoms with Crippen LogP contribution in [0.3, 0.4) is 0 Å². The van der Waals surface area contributed by atoms with Crippen LogP contribution in [-0.2, 0) is 6.54 Å². The van der Waals surface area contributed by atoms with Crippen LogP contribution >= 0.6 is 0 Å². The molecule has 0 fully saturated rings. The Labute approximate surface area is 108 Å². The summed E-state index contributed by atoms with van der Waals surface area (Å²) in [5, 5.41) is 15.0. The third-order valence-electron chi connectivity index (χ3n) is 2.34. The van der Waals surface area contributed by atoms with Crippen LogP contribution in [0.25, 0.3) is 0 Å². The van der Waals surface area contributed by atoms with Crippen molar-refractivity contribution in [2.75, 3.05) is 0 Å². The van der Waals surface area contributed by atoms with Gasteiger partial charge in [0.1, 0.15) is 5.69 Å². The Morgan fingerprint density at radius 1 is 1.42 bits per heavy atom. The second-order valence-electron chi connectivity index (χ2n) is 3.85. The Balaban J connectivity index is 1.98. The maximum atomic E-state index is 11.7. The Hall–Kier alpha value is -2.70. The van der Waals surface area contributed by atoms with Gasteiger partial charge in [0.2, 0.25) is 0 Å². The van der Waals surface area contributed by atoms with E-state index in [1.54, 1.807) is 13.0 Å². The molecule has 0 aromatic carbocycles. The molecule has 0 aliphatic rings. The van der Waals surface area contributed by atoms with Crippen molar-refractivity contribution in [3.63, 3.8) is 0 Å². The molecule has 2 aromatic rings. The number of nitrogens with zero attached hydrogens (tertiary/aromatic N) is 2. The molecule has 19 heavy (non-hydrogen) atoms. The number of aromatic carboxylic acids is 1. The van der Waals surface area contributed by atoms with Crippen LogP contribution in [0.5, 0.6) is 0 Å². The van der Waals surface area contributed by atoms with Crippen molar-refractivity contribution in [1.82, 2.24) is 15.5 Å². The molecule has 7 nitrogen and oxygen atoms in total. The molecule has 2 heterocycles. The van der Waals surface area contributed by atoms with Crippen LogP contribution in [0.2, 0.25) is 0 Å². The number of rotatable bonds is 4. The van der Waals surface area contributed by atoms with E-state index >= 15 is 0 Å². The average molecular weight is 261 g/mol. The first-order valence-corrected chi connectivity index (χ1v) is 5.46. The van der Waals surface area contributed by atoms with Gasteiger partial charge in [-0.15, -0.1) is 0 Å². The third kappa shape index (κ3) is 3.15. The molecule has 1 amide bonds. The summed E-state index contributed by atoms with van der Waals surface area (Å²) in [7, 11) is 0. The number of hydrogen-bond donors (Lipinski definition) is 2. The highest BCUT2D eigenvalue weighted by molar-refractivity contribution is 5.94. The lowest BCUT2D eigenvalue weighted by Crippen LogP contribution is -2.22. The van der Waals surface area contributed by atoms with Gasteiger partial charge in [-0.3, -0.25) is 4.79 Å². The molecule has 0 radical (unpaired) electrons. The molecule has 0 aliphatic heterocycles. The van der Waals surface area contributed by atoms with E-state index < -0.39 is 5.97 Å². The zero-order chi connectivity index (χ0) is 13.8. The monoisotopic (exact) mass is 261 g/mol. The van der Waals surface area contributed by atoms with E-state index in [-0.39, 0.29) is 23.7 Å². The number of carboxylic acids is 1. The zero-order valence-electron chi connectivity index (χ0n) is 10.1. The van der Waals surface area contributed by atoms with Gasteiger partial charge in [-0.2, -0.15) is 0 Å². The van der Waals surface area contributed by atoms with E-state index in [4.69, 9.17) is 9.63 Å². The van der Waals surface area contributed by atoms with Crippen molar-refractivity contribution < 1.29 is 19.2 Å². The molecule has 2 aromatic heterocycles. The molecule has 0 spiro atoms. The second-order valence-corrected chi connectivity index (χ2v) is 3.85. The SMILES string of the molecule is Cc1cc(CNC(=O)c2ccc(C(=O)O)nc2)on1. The summed E-state index contributed by atoms with van der Waals surface area (Å²) < 4.78 is 4.94. The van der Waals surface area contributed by atoms with Crippen LogP contribution < -0.4 is 5.32 Å². The van der Waals surface area contributed by atoms with Crippen molar-refractivity contribution >= 4 is 11.9 Å². The fourth-order valence-corrected chi connectivity index (χ4v) is 1.42. The number of nitrogens with one attached hydrogen (secondary N) is 1. The number of pyridine rings is 1. The molecule has 0 unspecified atom stereocenters. The third-order valence-corrected chi connectivity index (χ3v) is 2.34. The topological polar surface area (TPSA) is 105 Å². The molecule has 0 bridgehead atoms. The summed E-state index contributed by atoms with van der Waals surface area (Å²) >= 11 is 0. The number of aromatic nitrogens is 2. The number of carbonyl (C=O) groups is 2. The van der Waals surface area contributed by atoms with E-state index in [1.165, 1.54) is 18.3 Å². The van der Waals surface area contributed by atoms with E-state index in [2.05, 4.69) is 15.5 Å². The fourth-order valence-electron chi connectivity index (χ4n) is 1.42. The molecule has 0 saturated carbocycles. The summed E-state index contributed by atoms with van der Waals surface area (Å²) in [6.07, 6.45) is 1.21. The normalized spacial score (nSPS) is 10.2. The fraction of sp³-hybridized carbons (Fsp3) is 0.167. The summed E-state index contributed by atoms with van der Waals surface area (Å²) in [5.74, 6) is -0.955. The highest BCUT2D eigenvalue weighted by Crippen LogP contribution is 2.04. The van der Waals surface area contributed by atoms with Gasteiger partial charge in [0.15, 0.2) is 5.76 Å². The first-order valence-electron chi connectivity index (χ1n) is 5.46. The smallest absolute Gasteiger partial charge is 0.354 e. The quantitative estimate of drug-likeness (QED) is 0.850. The van der Waals surface area contributed by atoms with Crippen molar-refractivity contribution in [2.24, 2.45) is 0 Å². The molecule has 0 saturated heterocycles. The van der Waals surface area contributed by atoms with Crippen LogP contribution in [0.1, 0.15) is 32.3 Å². The van der Waals surface area contributed by atoms with Crippen LogP contribution in [0.15, 0.2) is 28.9 Å². The van der Waals surface area contributed by atoms with Gasteiger partial charge in [-0.1, -0.05) is 5.16 Å². The lowest BCUT2D eigenvalue weighted by Gasteiger charge is -2.02. The maximum absolute atomic E-state index is 11.7. The lowest BCUT2D eigenvalue weighted by molar-refractivity contribution is 0.0689. The second kappa shape index (κ2) is 5.30. The summed E-state index contributed by atoms with van der Waals surface area (Å²) in [4.78, 5) is 26.0. The Morgan fingerprint density at radius 3 is 2.74 bits per heavy atom. The summed E-state index contributed by atoms with van der Waals surface area (Å²) in [5.41, 5.74) is 0.903. The van der Waals surface area contributed by atoms with Crippen LogP contribution in [0, 0.1) is 6.92 Å². The molecular weight excluding hydrogens is 250 g/mol. The van der Waals surface area contributed by atoms with Gasteiger partial charge in [-0.05, 0) is 19.1 Å². The maximum Gasteiger partial charge on any atom is 0.354 e. The van der Waals surface area contributed by atoms with E-state index in [9.17, 15) is 9.59 Å². The van der Waals surface area contributed by atoms with Crippen molar-refractivity contribution in [2.45, 2.75) is 13.5 Å². The van der Waals surface area contributed by atoms with Crippen molar-refractivity contribution in [3.05, 3.63) is 47.1 Å². The van der Waals surface area contributed by atoms with Crippen molar-refractivity contribution in [1.29, 1.82) is 0 Å². The van der Waals surface area contributed by atoms with Gasteiger partial charge < -0.3 is 14.9 Å². The minimum absolute atomic E-state index is 0.109. The summed E-state index contributed by atoms with van der Waals surface area (Å²) in [6, 6.07) is 4.39. The largest absolute Gasteiger partial charge is 0.477 e. The van der Waals surface area contributed by atoms with Gasteiger partial charge in [-0.25, -0.2) is 9.78 Å². The molecule has 98 valence electrons. The first-order chi connectivity index (χ1) is 9.06. The van der Waals surface area contributed by atoms with E-state index in [0.29, 0.717) is 5.76 Å². The van der Waals surface area contributed by atoms with Gasteiger partial charge in [0.25, 0.3) is 5.91 Å². The molecule has 0 aliphatic carbocycles. The highest BCUT2D eigenvalue weighted by Gasteiger charge is 2.10. The minimum Gasteiger partial charge on any atom is -0.477 e. The Morgan fingerprint density at radius 2 is 2.21 bits per heavy atom. The molecule has 2 rings (SSSR count). The molecular formula is C12H11N3O4. The number of amides is 1. The highest BCUT2D eigenvalue weighted by atomic mass is 16.5. The van der Waals surface area contributed by atoms with Gasteiger partial charge in [0.05, 0.1) is 17.8 Å². The van der Waals surface area contributed by atoms with Gasteiger partial charge in [0, 0.05) is 12.3 Å². The van der Waals surface area contributed by atoms with Crippen LogP contribution in [-0.4, -0.2) is 27.1 Å². The van der Waals surface area contributed by atoms with Gasteiger partial charge >= 0.3 is 5.97 Å². The average Bonchev–Trinajstić information content (AvgIpc) is 2.82. The standard InChI is InChI=1S/C12H11N3O4/c1-7-4-9(19-15-7)6-14-11(16)8-2-3-10(12(17)18)13-5-8/h2-5H,6H2,1H3,(H,14,16)(H,17,18). The number of hydrogen-bond acceptors (Lipinski definition) is 5. The van der Waals surface area contributed by atoms with Crippen molar-refractivity contribution in [3.8, 4) is 0 Å². The molecule has 2 N–H and O–H groups in total. The zero-order valence-corrected chi connectivity index (χ0v) is 10.1. The number of carboxylic acid groups (broad SMARTS) is 1. The predicted octanol–water partition coefficient (Wildman–Crippen LogP) is 1.01. The predicted molar refractivity (Wildman–Crippen MR) is 63.6 cm³/mol. The number of aryl methyl sites for hydroxylation is 1. The van der Waals surface area contributed by atoms with Crippen LogP contribution in [0.4, 0.5) is 0 Å². The Bertz CT molecular complexity index is 604. The summed E-state index contributed by atoms with van der Waals surface area (Å²) in [6.45, 7) is 1.99. The van der Waals surface area contributed by atoms with E-state index in [1.807, 2.05) is 0 Å². The lowest BCUT2D eigenvalue weighted by atomic mass is 10.2. The molecule has 7 heteroatoms. The minimum atomic E-state index is -1.14. The molecule has 0 atom stereocenters. The first kappa shape index (κ1) is 12.7. The Kier molecular flexibility index (Phi) is 3.56.